The molecule has 2 N–H and O–H groups in total. The Morgan fingerprint density at radius 1 is 1.17 bits per heavy atom. The number of aryl methyl sites for hydroxylation is 2. The highest BCUT2D eigenvalue weighted by molar-refractivity contribution is 8.00. The Hall–Kier alpha value is -2.35. The third kappa shape index (κ3) is 5.38. The lowest BCUT2D eigenvalue weighted by Crippen LogP contribution is -2.26. The minimum Gasteiger partial charge on any atom is -0.361 e. The number of halogens is 1. The molecule has 0 saturated carbocycles. The molecule has 0 radical (unpaired) electrons. The maximum absolute atomic E-state index is 12.8. The van der Waals surface area contributed by atoms with Crippen molar-refractivity contribution in [2.75, 3.05) is 16.8 Å². The van der Waals surface area contributed by atoms with Crippen molar-refractivity contribution < 1.29 is 18.5 Å². The van der Waals surface area contributed by atoms with Crippen LogP contribution in [-0.4, -0.2) is 28.5 Å². The predicted molar refractivity (Wildman–Crippen MR) is 90.2 cm³/mol. The number of carbonyl (C=O) groups excluding carboxylic acids is 2. The Labute approximate surface area is 143 Å². The van der Waals surface area contributed by atoms with Gasteiger partial charge in [-0.1, -0.05) is 5.16 Å². The van der Waals surface area contributed by atoms with Crippen LogP contribution >= 0.6 is 11.8 Å². The van der Waals surface area contributed by atoms with Crippen molar-refractivity contribution in [3.8, 4) is 0 Å². The van der Waals surface area contributed by atoms with Crippen molar-refractivity contribution in [1.29, 1.82) is 0 Å². The molecule has 1 aromatic heterocycles. The van der Waals surface area contributed by atoms with Gasteiger partial charge in [0.25, 0.3) is 0 Å². The summed E-state index contributed by atoms with van der Waals surface area (Å²) in [5.41, 5.74) is 2.13. The van der Waals surface area contributed by atoms with Gasteiger partial charge in [0.2, 0.25) is 11.8 Å². The van der Waals surface area contributed by atoms with E-state index in [1.165, 1.54) is 36.0 Å². The Morgan fingerprint density at radius 3 is 2.46 bits per heavy atom. The Kier molecular flexibility index (Phi) is 6.36. The van der Waals surface area contributed by atoms with Crippen LogP contribution in [0.15, 0.2) is 28.8 Å². The highest BCUT2D eigenvalue weighted by Crippen LogP contribution is 2.12. The van der Waals surface area contributed by atoms with Crippen LogP contribution in [0, 0.1) is 19.7 Å². The van der Waals surface area contributed by atoms with Crippen LogP contribution in [0.3, 0.4) is 0 Å². The quantitative estimate of drug-likeness (QED) is 0.800. The van der Waals surface area contributed by atoms with Crippen molar-refractivity contribution in [3.05, 3.63) is 47.1 Å². The minimum atomic E-state index is -0.364. The van der Waals surface area contributed by atoms with Gasteiger partial charge in [0.1, 0.15) is 11.6 Å². The van der Waals surface area contributed by atoms with Crippen LogP contribution in [0.25, 0.3) is 0 Å². The topological polar surface area (TPSA) is 84.2 Å². The van der Waals surface area contributed by atoms with Crippen LogP contribution in [0.4, 0.5) is 10.1 Å². The lowest BCUT2D eigenvalue weighted by molar-refractivity contribution is -0.118. The fraction of sp³-hybridized carbons (Fsp3) is 0.312. The third-order valence-corrected chi connectivity index (χ3v) is 4.17. The zero-order valence-electron chi connectivity index (χ0n) is 13.4. The fourth-order valence-corrected chi connectivity index (χ4v) is 2.61. The number of carbonyl (C=O) groups is 2. The number of amides is 2. The first-order chi connectivity index (χ1) is 11.5. The molecule has 2 aromatic rings. The van der Waals surface area contributed by atoms with Crippen molar-refractivity contribution in [1.82, 2.24) is 10.5 Å². The number of benzene rings is 1. The molecule has 2 amide bonds. The Morgan fingerprint density at radius 2 is 1.83 bits per heavy atom. The SMILES string of the molecule is Cc1noc(C)c1CNC(=O)CSCC(=O)Nc1ccc(F)cc1. The number of rotatable bonds is 7. The van der Waals surface area contributed by atoms with Gasteiger partial charge >= 0.3 is 0 Å². The van der Waals surface area contributed by atoms with E-state index in [4.69, 9.17) is 4.52 Å². The molecular weight excluding hydrogens is 333 g/mol. The van der Waals surface area contributed by atoms with Gasteiger partial charge in [-0.3, -0.25) is 9.59 Å². The first-order valence-electron chi connectivity index (χ1n) is 7.27. The molecule has 0 aliphatic heterocycles. The van der Waals surface area contributed by atoms with Gasteiger partial charge in [0, 0.05) is 17.8 Å². The summed E-state index contributed by atoms with van der Waals surface area (Å²) < 4.78 is 17.8. The van der Waals surface area contributed by atoms with Crippen molar-refractivity contribution >= 4 is 29.3 Å². The molecule has 6 nitrogen and oxygen atoms in total. The van der Waals surface area contributed by atoms with Crippen molar-refractivity contribution in [3.63, 3.8) is 0 Å². The van der Waals surface area contributed by atoms with Crippen LogP contribution in [0.5, 0.6) is 0 Å². The number of aromatic nitrogens is 1. The average Bonchev–Trinajstić information content (AvgIpc) is 2.86. The van der Waals surface area contributed by atoms with Gasteiger partial charge < -0.3 is 15.2 Å². The first-order valence-corrected chi connectivity index (χ1v) is 8.43. The Bertz CT molecular complexity index is 696. The second kappa shape index (κ2) is 8.49. The van der Waals surface area contributed by atoms with Crippen molar-refractivity contribution in [2.24, 2.45) is 0 Å². The number of thioether (sulfide) groups is 1. The summed E-state index contributed by atoms with van der Waals surface area (Å²) in [4.78, 5) is 23.5. The molecule has 0 aliphatic carbocycles. The fourth-order valence-electron chi connectivity index (χ4n) is 1.96. The molecule has 8 heteroatoms. The highest BCUT2D eigenvalue weighted by Gasteiger charge is 2.11. The molecule has 0 atom stereocenters. The molecule has 0 aliphatic rings. The van der Waals surface area contributed by atoms with E-state index in [1.807, 2.05) is 6.92 Å². The minimum absolute atomic E-state index is 0.135. The van der Waals surface area contributed by atoms with Crippen LogP contribution < -0.4 is 10.6 Å². The summed E-state index contributed by atoms with van der Waals surface area (Å²) in [6, 6.07) is 5.50. The summed E-state index contributed by atoms with van der Waals surface area (Å²) >= 11 is 1.20. The molecule has 0 spiro atoms. The van der Waals surface area contributed by atoms with Crippen molar-refractivity contribution in [2.45, 2.75) is 20.4 Å². The normalized spacial score (nSPS) is 10.5. The zero-order chi connectivity index (χ0) is 17.5. The molecular formula is C16H18FN3O3S. The van der Waals surface area contributed by atoms with Crippen LogP contribution in [0.2, 0.25) is 0 Å². The second-order valence-corrected chi connectivity index (χ2v) is 6.11. The standard InChI is InChI=1S/C16H18FN3O3S/c1-10-14(11(2)23-20-10)7-18-15(21)8-24-9-16(22)19-13-5-3-12(17)4-6-13/h3-6H,7-9H2,1-2H3,(H,18,21)(H,19,22). The number of nitrogens with zero attached hydrogens (tertiary/aromatic N) is 1. The molecule has 128 valence electrons. The molecule has 0 saturated heterocycles. The maximum Gasteiger partial charge on any atom is 0.234 e. The van der Waals surface area contributed by atoms with Gasteiger partial charge in [-0.25, -0.2) is 4.39 Å². The van der Waals surface area contributed by atoms with E-state index in [1.54, 1.807) is 6.92 Å². The lowest BCUT2D eigenvalue weighted by Gasteiger charge is -2.06. The van der Waals surface area contributed by atoms with Gasteiger partial charge in [-0.15, -0.1) is 11.8 Å². The van der Waals surface area contributed by atoms with E-state index in [9.17, 15) is 14.0 Å². The lowest BCUT2D eigenvalue weighted by atomic mass is 10.2. The van der Waals surface area contributed by atoms with E-state index in [2.05, 4.69) is 15.8 Å². The molecule has 1 heterocycles. The van der Waals surface area contributed by atoms with Crippen LogP contribution in [-0.2, 0) is 16.1 Å². The summed E-state index contributed by atoms with van der Waals surface area (Å²) in [5, 5.41) is 9.21. The molecule has 0 fully saturated rings. The molecule has 0 bridgehead atoms. The van der Waals surface area contributed by atoms with E-state index in [0.29, 0.717) is 18.0 Å². The third-order valence-electron chi connectivity index (χ3n) is 3.24. The molecule has 24 heavy (non-hydrogen) atoms. The number of anilines is 1. The smallest absolute Gasteiger partial charge is 0.234 e. The van der Waals surface area contributed by atoms with E-state index in [-0.39, 0.29) is 29.1 Å². The first kappa shape index (κ1) is 18.0. The van der Waals surface area contributed by atoms with Gasteiger partial charge in [0.15, 0.2) is 0 Å². The Balaban J connectivity index is 1.67. The molecule has 1 aromatic carbocycles. The molecule has 2 rings (SSSR count). The molecule has 0 unspecified atom stereocenters. The summed E-state index contributed by atoms with van der Waals surface area (Å²) in [6.45, 7) is 3.95. The highest BCUT2D eigenvalue weighted by atomic mass is 32.2. The maximum atomic E-state index is 12.8. The van der Waals surface area contributed by atoms with Gasteiger partial charge in [-0.05, 0) is 38.1 Å². The van der Waals surface area contributed by atoms with Gasteiger partial charge in [-0.2, -0.15) is 0 Å². The summed E-state index contributed by atoms with van der Waals surface area (Å²) in [6.07, 6.45) is 0. The van der Waals surface area contributed by atoms with E-state index in [0.717, 1.165) is 11.3 Å². The van der Waals surface area contributed by atoms with E-state index >= 15 is 0 Å². The zero-order valence-corrected chi connectivity index (χ0v) is 14.2. The number of hydrogen-bond donors (Lipinski definition) is 2. The van der Waals surface area contributed by atoms with E-state index < -0.39 is 0 Å². The average molecular weight is 351 g/mol. The van der Waals surface area contributed by atoms with Crippen LogP contribution in [0.1, 0.15) is 17.0 Å². The number of nitrogens with one attached hydrogen (secondary N) is 2. The summed E-state index contributed by atoms with van der Waals surface area (Å²) in [7, 11) is 0. The second-order valence-electron chi connectivity index (χ2n) is 5.13. The monoisotopic (exact) mass is 351 g/mol. The predicted octanol–water partition coefficient (Wildman–Crippen LogP) is 2.42. The number of hydrogen-bond acceptors (Lipinski definition) is 5. The largest absolute Gasteiger partial charge is 0.361 e. The summed E-state index contributed by atoms with van der Waals surface area (Å²) in [5.74, 6) is 0.201. The van der Waals surface area contributed by atoms with Gasteiger partial charge in [0.05, 0.1) is 17.2 Å².